The van der Waals surface area contributed by atoms with E-state index >= 15 is 0 Å². The molecule has 3 aromatic rings. The molecule has 1 heterocycles. The molecule has 1 aliphatic heterocycles. The Balaban J connectivity index is 1.71. The lowest BCUT2D eigenvalue weighted by Gasteiger charge is -2.42. The van der Waals surface area contributed by atoms with E-state index in [1.54, 1.807) is 14.2 Å². The van der Waals surface area contributed by atoms with Gasteiger partial charge in [-0.25, -0.2) is 0 Å². The van der Waals surface area contributed by atoms with E-state index in [0.29, 0.717) is 6.54 Å². The first-order valence-electron chi connectivity index (χ1n) is 9.95. The molecule has 1 unspecified atom stereocenters. The number of nitrogens with zero attached hydrogens (tertiary/aromatic N) is 1. The molecule has 5 rings (SSSR count). The van der Waals surface area contributed by atoms with Gasteiger partial charge in [-0.2, -0.15) is 0 Å². The number of carbonyl (C=O) groups excluding carboxylic acids is 1. The first kappa shape index (κ1) is 17.8. The van der Waals surface area contributed by atoms with Crippen molar-refractivity contribution in [2.24, 2.45) is 0 Å². The maximum absolute atomic E-state index is 13.4. The van der Waals surface area contributed by atoms with Gasteiger partial charge in [-0.05, 0) is 53.3 Å². The van der Waals surface area contributed by atoms with Crippen molar-refractivity contribution in [3.05, 3.63) is 82.9 Å². The summed E-state index contributed by atoms with van der Waals surface area (Å²) in [6.45, 7) is 0.697. The summed E-state index contributed by atoms with van der Waals surface area (Å²) in [4.78, 5) is 15.4. The maximum atomic E-state index is 13.4. The number of rotatable bonds is 3. The molecule has 4 heteroatoms. The van der Waals surface area contributed by atoms with Crippen molar-refractivity contribution in [2.75, 3.05) is 20.8 Å². The molecule has 0 radical (unpaired) electrons. The van der Waals surface area contributed by atoms with Crippen LogP contribution in [0.2, 0.25) is 0 Å². The van der Waals surface area contributed by atoms with Gasteiger partial charge < -0.3 is 14.4 Å². The van der Waals surface area contributed by atoms with Crippen molar-refractivity contribution in [1.29, 1.82) is 0 Å². The summed E-state index contributed by atoms with van der Waals surface area (Å²) < 4.78 is 11.5. The minimum atomic E-state index is -0.00355. The Labute approximate surface area is 170 Å². The first-order chi connectivity index (χ1) is 14.2. The average molecular weight is 385 g/mol. The zero-order valence-electron chi connectivity index (χ0n) is 16.6. The van der Waals surface area contributed by atoms with Crippen molar-refractivity contribution >= 4 is 5.91 Å². The molecule has 0 N–H and O–H groups in total. The van der Waals surface area contributed by atoms with Gasteiger partial charge in [0.1, 0.15) is 0 Å². The van der Waals surface area contributed by atoms with E-state index in [9.17, 15) is 4.79 Å². The second kappa shape index (κ2) is 6.96. The van der Waals surface area contributed by atoms with Crippen LogP contribution in [0.4, 0.5) is 0 Å². The predicted molar refractivity (Wildman–Crippen MR) is 113 cm³/mol. The predicted octanol–water partition coefficient (Wildman–Crippen LogP) is 4.67. The minimum absolute atomic E-state index is 0.00355. The van der Waals surface area contributed by atoms with Gasteiger partial charge in [-0.15, -0.1) is 0 Å². The summed E-state index contributed by atoms with van der Waals surface area (Å²) in [5, 5.41) is 0. The largest absolute Gasteiger partial charge is 0.493 e. The van der Waals surface area contributed by atoms with Crippen LogP contribution in [0.25, 0.3) is 11.1 Å². The van der Waals surface area contributed by atoms with Gasteiger partial charge in [0.2, 0.25) is 0 Å². The third-order valence-electron chi connectivity index (χ3n) is 6.11. The smallest absolute Gasteiger partial charge is 0.254 e. The molecule has 3 aromatic carbocycles. The highest BCUT2D eigenvalue weighted by Crippen LogP contribution is 2.52. The number of hydrogen-bond acceptors (Lipinski definition) is 3. The van der Waals surface area contributed by atoms with Crippen LogP contribution in [0.5, 0.6) is 11.5 Å². The van der Waals surface area contributed by atoms with Crippen molar-refractivity contribution in [1.82, 2.24) is 4.90 Å². The lowest BCUT2D eigenvalue weighted by Crippen LogP contribution is -2.42. The molecule has 146 valence electrons. The molecule has 0 spiro atoms. The first-order valence-corrected chi connectivity index (χ1v) is 9.95. The van der Waals surface area contributed by atoms with Crippen LogP contribution in [0.3, 0.4) is 0 Å². The number of benzene rings is 3. The van der Waals surface area contributed by atoms with Crippen molar-refractivity contribution in [3.8, 4) is 22.6 Å². The van der Waals surface area contributed by atoms with Crippen molar-refractivity contribution in [2.45, 2.75) is 18.9 Å². The number of methoxy groups -OCH3 is 2. The summed E-state index contributed by atoms with van der Waals surface area (Å²) >= 11 is 0. The topological polar surface area (TPSA) is 38.8 Å². The Morgan fingerprint density at radius 3 is 2.48 bits per heavy atom. The van der Waals surface area contributed by atoms with E-state index in [0.717, 1.165) is 35.5 Å². The Kier molecular flexibility index (Phi) is 4.27. The maximum Gasteiger partial charge on any atom is 0.254 e. The molecule has 0 saturated carbocycles. The number of ether oxygens (including phenoxy) is 2. The Morgan fingerprint density at radius 2 is 1.72 bits per heavy atom. The monoisotopic (exact) mass is 385 g/mol. The van der Waals surface area contributed by atoms with Gasteiger partial charge >= 0.3 is 0 Å². The van der Waals surface area contributed by atoms with E-state index in [1.165, 1.54) is 22.3 Å². The summed E-state index contributed by atoms with van der Waals surface area (Å²) in [6, 6.07) is 20.0. The molecule has 1 amide bonds. The molecule has 1 aliphatic carbocycles. The lowest BCUT2D eigenvalue weighted by atomic mass is 9.76. The fourth-order valence-corrected chi connectivity index (χ4v) is 4.82. The quantitative estimate of drug-likeness (QED) is 0.658. The highest BCUT2D eigenvalue weighted by Gasteiger charge is 2.39. The molecule has 2 aliphatic rings. The van der Waals surface area contributed by atoms with E-state index < -0.39 is 0 Å². The third kappa shape index (κ3) is 2.70. The van der Waals surface area contributed by atoms with Crippen molar-refractivity contribution < 1.29 is 14.3 Å². The lowest BCUT2D eigenvalue weighted by molar-refractivity contribution is 0.0658. The van der Waals surface area contributed by atoms with Crippen LogP contribution in [-0.4, -0.2) is 31.6 Å². The standard InChI is InChI=1S/C25H23NO3/c1-28-21-15-18-12-13-26(25(27)16-8-4-3-5-9-16)20-14-17-10-6-7-11-19(17)23(22(18)20)24(21)29-2/h3-11,15,20H,12-14H2,1-2H3. The molecule has 1 atom stereocenters. The SMILES string of the molecule is COc1cc2c3c(c1OC)-c1ccccc1CC3N(C(=O)c1ccccc1)CC2. The minimum Gasteiger partial charge on any atom is -0.493 e. The summed E-state index contributed by atoms with van der Waals surface area (Å²) in [7, 11) is 3.36. The molecule has 0 fully saturated rings. The molecular formula is C25H23NO3. The third-order valence-corrected chi connectivity index (χ3v) is 6.11. The fraction of sp³-hybridized carbons (Fsp3) is 0.240. The molecule has 29 heavy (non-hydrogen) atoms. The highest BCUT2D eigenvalue weighted by molar-refractivity contribution is 5.95. The summed E-state index contributed by atoms with van der Waals surface area (Å²) in [6.07, 6.45) is 1.62. The average Bonchev–Trinajstić information content (AvgIpc) is 2.79. The highest BCUT2D eigenvalue weighted by atomic mass is 16.5. The van der Waals surface area contributed by atoms with E-state index in [2.05, 4.69) is 30.3 Å². The van der Waals surface area contributed by atoms with Crippen LogP contribution in [-0.2, 0) is 12.8 Å². The van der Waals surface area contributed by atoms with Gasteiger partial charge in [-0.3, -0.25) is 4.79 Å². The second-order valence-electron chi connectivity index (χ2n) is 7.55. The second-order valence-corrected chi connectivity index (χ2v) is 7.55. The van der Waals surface area contributed by atoms with E-state index in [1.807, 2.05) is 35.2 Å². The van der Waals surface area contributed by atoms with Gasteiger partial charge in [0.05, 0.1) is 20.3 Å². The van der Waals surface area contributed by atoms with Gasteiger partial charge in [0, 0.05) is 17.7 Å². The molecule has 0 aromatic heterocycles. The van der Waals surface area contributed by atoms with E-state index in [4.69, 9.17) is 9.47 Å². The van der Waals surface area contributed by atoms with Gasteiger partial charge in [0.25, 0.3) is 5.91 Å². The molecule has 4 nitrogen and oxygen atoms in total. The molecule has 0 bridgehead atoms. The van der Waals surface area contributed by atoms with Crippen molar-refractivity contribution in [3.63, 3.8) is 0 Å². The number of hydrogen-bond donors (Lipinski definition) is 0. The molecular weight excluding hydrogens is 362 g/mol. The fourth-order valence-electron chi connectivity index (χ4n) is 4.82. The van der Waals surface area contributed by atoms with Crippen LogP contribution in [0.15, 0.2) is 60.7 Å². The zero-order chi connectivity index (χ0) is 20.0. The van der Waals surface area contributed by atoms with Gasteiger partial charge in [-0.1, -0.05) is 42.5 Å². The summed E-state index contributed by atoms with van der Waals surface area (Å²) in [5.74, 6) is 1.58. The van der Waals surface area contributed by atoms with Crippen LogP contribution in [0, 0.1) is 0 Å². The summed E-state index contributed by atoms with van der Waals surface area (Å²) in [5.41, 5.74) is 6.65. The van der Waals surface area contributed by atoms with Gasteiger partial charge in [0.15, 0.2) is 11.5 Å². The van der Waals surface area contributed by atoms with Crippen LogP contribution >= 0.6 is 0 Å². The Morgan fingerprint density at radius 1 is 0.966 bits per heavy atom. The normalized spacial score (nSPS) is 16.6. The number of amides is 1. The Bertz CT molecular complexity index is 1090. The molecule has 0 saturated heterocycles. The number of carbonyl (C=O) groups is 1. The Hall–Kier alpha value is -3.27. The van der Waals surface area contributed by atoms with Crippen LogP contribution < -0.4 is 9.47 Å². The number of fused-ring (bicyclic) bond motifs is 2. The van der Waals surface area contributed by atoms with Crippen LogP contribution in [0.1, 0.15) is 33.1 Å². The van der Waals surface area contributed by atoms with E-state index in [-0.39, 0.29) is 11.9 Å². The zero-order valence-corrected chi connectivity index (χ0v) is 16.6.